The average molecular weight is 353 g/mol. The van der Waals surface area contributed by atoms with Gasteiger partial charge in [0.05, 0.1) is 24.3 Å². The third-order valence-corrected chi connectivity index (χ3v) is 3.67. The van der Waals surface area contributed by atoms with Gasteiger partial charge in [0.25, 0.3) is 0 Å². The fraction of sp³-hybridized carbons (Fsp3) is 0.188. The molecule has 0 radical (unpaired) electrons. The first kappa shape index (κ1) is 15.5. The van der Waals surface area contributed by atoms with Gasteiger partial charge in [-0.15, -0.1) is 0 Å². The van der Waals surface area contributed by atoms with E-state index in [4.69, 9.17) is 9.47 Å². The molecule has 110 valence electrons. The van der Waals surface area contributed by atoms with E-state index in [0.717, 1.165) is 11.3 Å². The van der Waals surface area contributed by atoms with Gasteiger partial charge in [-0.2, -0.15) is 0 Å². The summed E-state index contributed by atoms with van der Waals surface area (Å²) < 4.78 is 23.9. The van der Waals surface area contributed by atoms with Crippen LogP contribution in [-0.4, -0.2) is 20.0 Å². The number of benzene rings is 2. The molecule has 0 heterocycles. The molecule has 0 atom stereocenters. The maximum atomic E-state index is 13.5. The van der Waals surface area contributed by atoms with E-state index >= 15 is 0 Å². The zero-order chi connectivity index (χ0) is 15.4. The van der Waals surface area contributed by atoms with E-state index in [2.05, 4.69) is 15.9 Å². The van der Waals surface area contributed by atoms with Crippen molar-refractivity contribution in [2.75, 3.05) is 14.2 Å². The lowest BCUT2D eigenvalue weighted by molar-refractivity contribution is 0.0990. The second-order valence-corrected chi connectivity index (χ2v) is 5.27. The van der Waals surface area contributed by atoms with Crippen LogP contribution >= 0.6 is 15.9 Å². The Bertz CT molecular complexity index is 653. The summed E-state index contributed by atoms with van der Waals surface area (Å²) in [5.74, 6) is 0.355. The van der Waals surface area contributed by atoms with Crippen LogP contribution in [0.5, 0.6) is 11.5 Å². The van der Waals surface area contributed by atoms with Crippen LogP contribution in [0.3, 0.4) is 0 Å². The second kappa shape index (κ2) is 6.72. The van der Waals surface area contributed by atoms with Gasteiger partial charge >= 0.3 is 0 Å². The molecule has 3 nitrogen and oxygen atoms in total. The Morgan fingerprint density at radius 1 is 1.14 bits per heavy atom. The van der Waals surface area contributed by atoms with E-state index in [1.165, 1.54) is 19.2 Å². The minimum atomic E-state index is -0.465. The number of Topliss-reactive ketones (excluding diaryl/α,β-unsaturated/α-hetero) is 1. The highest BCUT2D eigenvalue weighted by Crippen LogP contribution is 2.27. The normalized spacial score (nSPS) is 10.3. The molecular weight excluding hydrogens is 339 g/mol. The average Bonchev–Trinajstić information content (AvgIpc) is 2.50. The third-order valence-electron chi connectivity index (χ3n) is 3.07. The van der Waals surface area contributed by atoms with Gasteiger partial charge in [0.1, 0.15) is 17.3 Å². The molecule has 0 saturated carbocycles. The number of halogens is 2. The van der Waals surface area contributed by atoms with Gasteiger partial charge in [0.2, 0.25) is 0 Å². The van der Waals surface area contributed by atoms with Crippen LogP contribution in [0.2, 0.25) is 0 Å². The zero-order valence-corrected chi connectivity index (χ0v) is 13.2. The molecule has 0 aliphatic carbocycles. The summed E-state index contributed by atoms with van der Waals surface area (Å²) in [7, 11) is 2.99. The standard InChI is InChI=1S/C16H14BrFO3/c1-20-11-5-3-10(4-6-11)7-15(19)12-8-13(17)14(18)9-16(12)21-2/h3-6,8-9H,7H2,1-2H3. The number of methoxy groups -OCH3 is 2. The van der Waals surface area contributed by atoms with E-state index in [-0.39, 0.29) is 22.4 Å². The van der Waals surface area contributed by atoms with Crippen LogP contribution in [0.15, 0.2) is 40.9 Å². The molecule has 21 heavy (non-hydrogen) atoms. The van der Waals surface area contributed by atoms with Crippen molar-refractivity contribution in [2.45, 2.75) is 6.42 Å². The maximum Gasteiger partial charge on any atom is 0.170 e. The highest BCUT2D eigenvalue weighted by Gasteiger charge is 2.16. The lowest BCUT2D eigenvalue weighted by Crippen LogP contribution is -2.06. The molecule has 0 spiro atoms. The van der Waals surface area contributed by atoms with Crippen molar-refractivity contribution < 1.29 is 18.7 Å². The second-order valence-electron chi connectivity index (χ2n) is 4.41. The first-order valence-electron chi connectivity index (χ1n) is 6.24. The molecule has 0 bridgehead atoms. The van der Waals surface area contributed by atoms with E-state index in [1.54, 1.807) is 19.2 Å². The molecule has 0 aromatic heterocycles. The smallest absolute Gasteiger partial charge is 0.170 e. The Morgan fingerprint density at radius 3 is 2.38 bits per heavy atom. The number of ketones is 1. The van der Waals surface area contributed by atoms with Crippen LogP contribution in [0.25, 0.3) is 0 Å². The van der Waals surface area contributed by atoms with Gasteiger partial charge in [-0.1, -0.05) is 12.1 Å². The first-order valence-corrected chi connectivity index (χ1v) is 7.03. The third kappa shape index (κ3) is 3.61. The SMILES string of the molecule is COc1ccc(CC(=O)c2cc(Br)c(F)cc2OC)cc1. The predicted octanol–water partition coefficient (Wildman–Crippen LogP) is 4.03. The Morgan fingerprint density at radius 2 is 1.81 bits per heavy atom. The largest absolute Gasteiger partial charge is 0.497 e. The summed E-state index contributed by atoms with van der Waals surface area (Å²) in [6.07, 6.45) is 0.207. The molecule has 5 heteroatoms. The fourth-order valence-electron chi connectivity index (χ4n) is 1.94. The van der Waals surface area contributed by atoms with Crippen molar-refractivity contribution in [3.8, 4) is 11.5 Å². The Labute approximate surface area is 130 Å². The first-order chi connectivity index (χ1) is 10.0. The van der Waals surface area contributed by atoms with Gasteiger partial charge in [0.15, 0.2) is 5.78 Å². The molecular formula is C16H14BrFO3. The summed E-state index contributed by atoms with van der Waals surface area (Å²) >= 11 is 3.08. The van der Waals surface area contributed by atoms with Crippen molar-refractivity contribution in [2.24, 2.45) is 0 Å². The van der Waals surface area contributed by atoms with E-state index in [0.29, 0.717) is 5.56 Å². The predicted molar refractivity (Wildman–Crippen MR) is 81.7 cm³/mol. The molecule has 0 saturated heterocycles. The quantitative estimate of drug-likeness (QED) is 0.762. The summed E-state index contributed by atoms with van der Waals surface area (Å²) in [5, 5.41) is 0. The molecule has 0 amide bonds. The molecule has 0 N–H and O–H groups in total. The summed E-state index contributed by atoms with van der Waals surface area (Å²) in [6, 6.07) is 9.87. The zero-order valence-electron chi connectivity index (χ0n) is 11.7. The fourth-order valence-corrected chi connectivity index (χ4v) is 2.28. The van der Waals surface area contributed by atoms with Crippen molar-refractivity contribution >= 4 is 21.7 Å². The summed E-state index contributed by atoms with van der Waals surface area (Å²) in [5.41, 5.74) is 1.20. The Kier molecular flexibility index (Phi) is 4.96. The number of rotatable bonds is 5. The topological polar surface area (TPSA) is 35.5 Å². The van der Waals surface area contributed by atoms with Gasteiger partial charge in [-0.25, -0.2) is 4.39 Å². The van der Waals surface area contributed by atoms with Crippen molar-refractivity contribution in [1.29, 1.82) is 0 Å². The Hall–Kier alpha value is -1.88. The number of carbonyl (C=O) groups is 1. The van der Waals surface area contributed by atoms with Crippen LogP contribution in [-0.2, 0) is 6.42 Å². The van der Waals surface area contributed by atoms with Gasteiger partial charge in [-0.05, 0) is 39.7 Å². The van der Waals surface area contributed by atoms with Crippen LogP contribution < -0.4 is 9.47 Å². The number of hydrogen-bond acceptors (Lipinski definition) is 3. The summed E-state index contributed by atoms with van der Waals surface area (Å²) in [4.78, 5) is 12.4. The molecule has 0 aliphatic heterocycles. The van der Waals surface area contributed by atoms with Gasteiger partial charge in [-0.3, -0.25) is 4.79 Å². The van der Waals surface area contributed by atoms with Crippen LogP contribution in [0.4, 0.5) is 4.39 Å². The van der Waals surface area contributed by atoms with E-state index < -0.39 is 5.82 Å². The molecule has 2 aromatic rings. The molecule has 0 unspecified atom stereocenters. The van der Waals surface area contributed by atoms with Gasteiger partial charge < -0.3 is 9.47 Å². The van der Waals surface area contributed by atoms with E-state index in [1.807, 2.05) is 12.1 Å². The maximum absolute atomic E-state index is 13.5. The van der Waals surface area contributed by atoms with Crippen molar-refractivity contribution in [3.63, 3.8) is 0 Å². The minimum absolute atomic E-state index is 0.141. The van der Waals surface area contributed by atoms with Crippen LogP contribution in [0.1, 0.15) is 15.9 Å². The molecule has 2 rings (SSSR count). The minimum Gasteiger partial charge on any atom is -0.497 e. The molecule has 2 aromatic carbocycles. The van der Waals surface area contributed by atoms with Crippen molar-refractivity contribution in [1.82, 2.24) is 0 Å². The number of hydrogen-bond donors (Lipinski definition) is 0. The van der Waals surface area contributed by atoms with Crippen molar-refractivity contribution in [3.05, 3.63) is 57.8 Å². The summed E-state index contributed by atoms with van der Waals surface area (Å²) in [6.45, 7) is 0. The lowest BCUT2D eigenvalue weighted by Gasteiger charge is -2.09. The monoisotopic (exact) mass is 352 g/mol. The van der Waals surface area contributed by atoms with Gasteiger partial charge in [0, 0.05) is 12.5 Å². The number of ether oxygens (including phenoxy) is 2. The van der Waals surface area contributed by atoms with Crippen LogP contribution in [0, 0.1) is 5.82 Å². The molecule has 0 fully saturated rings. The van der Waals surface area contributed by atoms with E-state index in [9.17, 15) is 9.18 Å². The highest BCUT2D eigenvalue weighted by molar-refractivity contribution is 9.10. The Balaban J connectivity index is 2.25. The number of carbonyl (C=O) groups excluding carboxylic acids is 1. The lowest BCUT2D eigenvalue weighted by atomic mass is 10.0. The highest BCUT2D eigenvalue weighted by atomic mass is 79.9. The molecule has 0 aliphatic rings.